The normalized spacial score (nSPS) is 18.7. The number of nitrogens with one attached hydrogen (secondary N) is 1. The molecule has 0 aliphatic heterocycles. The van der Waals surface area contributed by atoms with E-state index in [1.807, 2.05) is 0 Å². The molecule has 1 rings (SSSR count). The van der Waals surface area contributed by atoms with Crippen molar-refractivity contribution in [3.63, 3.8) is 0 Å². The molecular formula is C16H30N2O3. The van der Waals surface area contributed by atoms with Gasteiger partial charge in [-0.2, -0.15) is 0 Å². The molecule has 0 aromatic carbocycles. The molecule has 0 spiro atoms. The van der Waals surface area contributed by atoms with Gasteiger partial charge in [0.15, 0.2) is 0 Å². The molecule has 0 heterocycles. The van der Waals surface area contributed by atoms with Crippen molar-refractivity contribution in [1.29, 1.82) is 0 Å². The standard InChI is InChI=1S/C16H30N2O3/c1-4-13(2)18(3)10-9-17-14(19)11-16(12-15(20)21)7-5-6-8-16/h13H,4-12H2,1-3H3,(H,17,19)(H,20,21). The van der Waals surface area contributed by atoms with Gasteiger partial charge in [0.1, 0.15) is 0 Å². The molecule has 1 aliphatic rings. The van der Waals surface area contributed by atoms with Crippen LogP contribution in [0.1, 0.15) is 58.8 Å². The molecule has 1 amide bonds. The predicted molar refractivity (Wildman–Crippen MR) is 83.2 cm³/mol. The van der Waals surface area contributed by atoms with Crippen molar-refractivity contribution in [3.05, 3.63) is 0 Å². The molecule has 0 aromatic heterocycles. The average molecular weight is 298 g/mol. The van der Waals surface area contributed by atoms with E-state index >= 15 is 0 Å². The maximum atomic E-state index is 12.1. The van der Waals surface area contributed by atoms with Crippen LogP contribution in [0.5, 0.6) is 0 Å². The number of hydrogen-bond acceptors (Lipinski definition) is 3. The van der Waals surface area contributed by atoms with E-state index in [4.69, 9.17) is 5.11 Å². The summed E-state index contributed by atoms with van der Waals surface area (Å²) < 4.78 is 0. The minimum Gasteiger partial charge on any atom is -0.481 e. The first-order chi connectivity index (χ1) is 9.88. The first kappa shape index (κ1) is 18.0. The van der Waals surface area contributed by atoms with Crippen molar-refractivity contribution in [3.8, 4) is 0 Å². The number of amides is 1. The Balaban J connectivity index is 2.36. The van der Waals surface area contributed by atoms with Crippen molar-refractivity contribution < 1.29 is 14.7 Å². The van der Waals surface area contributed by atoms with E-state index in [0.717, 1.165) is 38.6 Å². The minimum absolute atomic E-state index is 0.00398. The van der Waals surface area contributed by atoms with Crippen LogP contribution in [0.2, 0.25) is 0 Å². The molecule has 0 saturated heterocycles. The summed E-state index contributed by atoms with van der Waals surface area (Å²) in [4.78, 5) is 25.3. The Bertz CT molecular complexity index is 351. The molecule has 1 fully saturated rings. The highest BCUT2D eigenvalue weighted by molar-refractivity contribution is 5.78. The highest BCUT2D eigenvalue weighted by Crippen LogP contribution is 2.43. The highest BCUT2D eigenvalue weighted by Gasteiger charge is 2.37. The second-order valence-corrected chi connectivity index (χ2v) is 6.54. The van der Waals surface area contributed by atoms with Crippen LogP contribution in [-0.4, -0.2) is 48.1 Å². The van der Waals surface area contributed by atoms with Crippen LogP contribution >= 0.6 is 0 Å². The lowest BCUT2D eigenvalue weighted by Crippen LogP contribution is -2.38. The molecule has 5 heteroatoms. The van der Waals surface area contributed by atoms with Gasteiger partial charge in [-0.1, -0.05) is 19.8 Å². The monoisotopic (exact) mass is 298 g/mol. The highest BCUT2D eigenvalue weighted by atomic mass is 16.4. The quantitative estimate of drug-likeness (QED) is 0.685. The van der Waals surface area contributed by atoms with E-state index in [0.29, 0.717) is 19.0 Å². The second-order valence-electron chi connectivity index (χ2n) is 6.54. The van der Waals surface area contributed by atoms with E-state index in [1.165, 1.54) is 0 Å². The van der Waals surface area contributed by atoms with Gasteiger partial charge in [-0.05, 0) is 38.6 Å². The van der Waals surface area contributed by atoms with Crippen molar-refractivity contribution in [2.24, 2.45) is 5.41 Å². The third-order valence-electron chi connectivity index (χ3n) is 4.86. The zero-order valence-corrected chi connectivity index (χ0v) is 13.7. The molecule has 21 heavy (non-hydrogen) atoms. The summed E-state index contributed by atoms with van der Waals surface area (Å²) in [5.41, 5.74) is -0.307. The van der Waals surface area contributed by atoms with Crippen molar-refractivity contribution in [2.75, 3.05) is 20.1 Å². The Morgan fingerprint density at radius 3 is 2.43 bits per heavy atom. The van der Waals surface area contributed by atoms with Crippen LogP contribution in [0.25, 0.3) is 0 Å². The zero-order valence-electron chi connectivity index (χ0n) is 13.7. The third-order valence-corrected chi connectivity index (χ3v) is 4.86. The van der Waals surface area contributed by atoms with Gasteiger partial charge in [-0.3, -0.25) is 9.59 Å². The van der Waals surface area contributed by atoms with Crippen LogP contribution in [0.15, 0.2) is 0 Å². The molecule has 1 atom stereocenters. The molecule has 2 N–H and O–H groups in total. The predicted octanol–water partition coefficient (Wildman–Crippen LogP) is 2.26. The molecule has 1 aliphatic carbocycles. The second kappa shape index (κ2) is 8.37. The number of carboxylic acids is 1. The first-order valence-electron chi connectivity index (χ1n) is 8.07. The number of likely N-dealkylation sites (N-methyl/N-ethyl adjacent to an activating group) is 1. The molecule has 0 radical (unpaired) electrons. The SMILES string of the molecule is CCC(C)N(C)CCNC(=O)CC1(CC(=O)O)CCCC1. The van der Waals surface area contributed by atoms with Gasteiger partial charge in [-0.25, -0.2) is 0 Å². The Hall–Kier alpha value is -1.10. The number of rotatable bonds is 9. The Labute approximate surface area is 128 Å². The number of aliphatic carboxylic acids is 1. The zero-order chi connectivity index (χ0) is 15.9. The molecule has 0 bridgehead atoms. The van der Waals surface area contributed by atoms with E-state index in [1.54, 1.807) is 0 Å². The summed E-state index contributed by atoms with van der Waals surface area (Å²) in [5, 5.41) is 12.0. The molecule has 122 valence electrons. The number of nitrogens with zero attached hydrogens (tertiary/aromatic N) is 1. The number of carboxylic acid groups (broad SMARTS) is 1. The maximum Gasteiger partial charge on any atom is 0.303 e. The largest absolute Gasteiger partial charge is 0.481 e. The topological polar surface area (TPSA) is 69.6 Å². The summed E-state index contributed by atoms with van der Waals surface area (Å²) in [6, 6.07) is 0.509. The Morgan fingerprint density at radius 2 is 1.90 bits per heavy atom. The van der Waals surface area contributed by atoms with E-state index in [2.05, 4.69) is 31.1 Å². The van der Waals surface area contributed by atoms with Crippen LogP contribution in [0.4, 0.5) is 0 Å². The van der Waals surface area contributed by atoms with Crippen LogP contribution < -0.4 is 5.32 Å². The van der Waals surface area contributed by atoms with Gasteiger partial charge in [-0.15, -0.1) is 0 Å². The summed E-state index contributed by atoms with van der Waals surface area (Å²) in [6.45, 7) is 5.77. The molecule has 1 unspecified atom stereocenters. The van der Waals surface area contributed by atoms with Gasteiger partial charge >= 0.3 is 5.97 Å². The van der Waals surface area contributed by atoms with Gasteiger partial charge in [0.2, 0.25) is 5.91 Å². The van der Waals surface area contributed by atoms with Crippen molar-refractivity contribution >= 4 is 11.9 Å². The fourth-order valence-electron chi connectivity index (χ4n) is 3.17. The Kier molecular flexibility index (Phi) is 7.15. The minimum atomic E-state index is -0.791. The lowest BCUT2D eigenvalue weighted by molar-refractivity contribution is -0.140. The fraction of sp³-hybridized carbons (Fsp3) is 0.875. The van der Waals surface area contributed by atoms with Crippen LogP contribution in [0, 0.1) is 5.41 Å². The number of hydrogen-bond donors (Lipinski definition) is 2. The number of carbonyl (C=O) groups is 2. The van der Waals surface area contributed by atoms with Crippen molar-refractivity contribution in [2.45, 2.75) is 64.8 Å². The van der Waals surface area contributed by atoms with Gasteiger partial charge in [0, 0.05) is 25.6 Å². The van der Waals surface area contributed by atoms with Gasteiger partial charge in [0.05, 0.1) is 6.42 Å². The van der Waals surface area contributed by atoms with E-state index in [9.17, 15) is 9.59 Å². The molecular weight excluding hydrogens is 268 g/mol. The van der Waals surface area contributed by atoms with E-state index < -0.39 is 5.97 Å². The van der Waals surface area contributed by atoms with E-state index in [-0.39, 0.29) is 17.7 Å². The van der Waals surface area contributed by atoms with Crippen LogP contribution in [-0.2, 0) is 9.59 Å². The molecule has 5 nitrogen and oxygen atoms in total. The summed E-state index contributed by atoms with van der Waals surface area (Å²) in [6.07, 6.45) is 5.36. The first-order valence-corrected chi connectivity index (χ1v) is 8.07. The lowest BCUT2D eigenvalue weighted by atomic mass is 9.79. The lowest BCUT2D eigenvalue weighted by Gasteiger charge is -2.27. The van der Waals surface area contributed by atoms with Crippen LogP contribution in [0.3, 0.4) is 0 Å². The smallest absolute Gasteiger partial charge is 0.303 e. The maximum absolute atomic E-state index is 12.1. The van der Waals surface area contributed by atoms with Gasteiger partial charge < -0.3 is 15.3 Å². The van der Waals surface area contributed by atoms with Crippen molar-refractivity contribution in [1.82, 2.24) is 10.2 Å². The summed E-state index contributed by atoms with van der Waals surface area (Å²) >= 11 is 0. The molecule has 0 aromatic rings. The fourth-order valence-corrected chi connectivity index (χ4v) is 3.17. The average Bonchev–Trinajstić information content (AvgIpc) is 2.84. The van der Waals surface area contributed by atoms with Gasteiger partial charge in [0.25, 0.3) is 0 Å². The summed E-state index contributed by atoms with van der Waals surface area (Å²) in [7, 11) is 2.06. The number of carbonyl (C=O) groups excluding carboxylic acids is 1. The molecule has 1 saturated carbocycles. The summed E-state index contributed by atoms with van der Waals surface area (Å²) in [5.74, 6) is -0.795. The third kappa shape index (κ3) is 6.04. The Morgan fingerprint density at radius 1 is 1.29 bits per heavy atom.